The summed E-state index contributed by atoms with van der Waals surface area (Å²) >= 11 is 4.83. The van der Waals surface area contributed by atoms with E-state index in [0.29, 0.717) is 5.56 Å². The molecule has 1 fully saturated rings. The lowest BCUT2D eigenvalue weighted by molar-refractivity contribution is 0.0698. The molecule has 1 N–H and O–H groups in total. The summed E-state index contributed by atoms with van der Waals surface area (Å²) in [5.74, 6) is -0.839. The Hall–Kier alpha value is -0.550. The van der Waals surface area contributed by atoms with Gasteiger partial charge in [-0.1, -0.05) is 0 Å². The van der Waals surface area contributed by atoms with Crippen LogP contribution in [0.1, 0.15) is 23.2 Å². The monoisotopic (exact) mass is 275 g/mol. The molecule has 76 valence electrons. The number of aromatic carboxylic acids is 1. The fourth-order valence-electron chi connectivity index (χ4n) is 1.66. The topological polar surface area (TPSA) is 40.5 Å². The molecule has 14 heavy (non-hydrogen) atoms. The van der Waals surface area contributed by atoms with Crippen LogP contribution in [-0.4, -0.2) is 24.2 Å². The smallest absolute Gasteiger partial charge is 0.338 e. The lowest BCUT2D eigenvalue weighted by Gasteiger charge is -2.15. The van der Waals surface area contributed by atoms with E-state index in [4.69, 9.17) is 5.11 Å². The van der Waals surface area contributed by atoms with Crippen LogP contribution in [0.15, 0.2) is 9.85 Å². The Morgan fingerprint density at radius 1 is 1.50 bits per heavy atom. The number of carbonyl (C=O) groups is 1. The molecule has 1 aromatic heterocycles. The Kier molecular flexibility index (Phi) is 2.78. The van der Waals surface area contributed by atoms with Crippen molar-refractivity contribution in [2.45, 2.75) is 12.8 Å². The summed E-state index contributed by atoms with van der Waals surface area (Å²) in [7, 11) is 0. The van der Waals surface area contributed by atoms with Crippen LogP contribution in [-0.2, 0) is 0 Å². The summed E-state index contributed by atoms with van der Waals surface area (Å²) in [5.41, 5.74) is 0.420. The molecule has 2 rings (SSSR count). The highest BCUT2D eigenvalue weighted by Gasteiger charge is 2.21. The summed E-state index contributed by atoms with van der Waals surface area (Å²) in [6, 6.07) is 1.68. The Morgan fingerprint density at radius 2 is 2.14 bits per heavy atom. The molecule has 0 aliphatic carbocycles. The van der Waals surface area contributed by atoms with Gasteiger partial charge < -0.3 is 10.0 Å². The lowest BCUT2D eigenvalue weighted by Crippen LogP contribution is -2.18. The second kappa shape index (κ2) is 3.90. The summed E-state index contributed by atoms with van der Waals surface area (Å²) < 4.78 is 0.886. The minimum absolute atomic E-state index is 0.420. The highest BCUT2D eigenvalue weighted by atomic mass is 79.9. The van der Waals surface area contributed by atoms with Crippen molar-refractivity contribution in [1.29, 1.82) is 0 Å². The largest absolute Gasteiger partial charge is 0.478 e. The molecule has 1 aliphatic rings. The highest BCUT2D eigenvalue weighted by Crippen LogP contribution is 2.36. The Bertz CT molecular complexity index is 358. The number of nitrogens with zero attached hydrogens (tertiary/aromatic N) is 1. The molecular formula is C9H10BrNO2S. The van der Waals surface area contributed by atoms with Gasteiger partial charge in [0.15, 0.2) is 0 Å². The Labute approximate surface area is 94.5 Å². The first-order valence-corrected chi connectivity index (χ1v) is 6.07. The van der Waals surface area contributed by atoms with E-state index in [0.717, 1.165) is 34.7 Å². The van der Waals surface area contributed by atoms with E-state index < -0.39 is 5.97 Å². The predicted molar refractivity (Wildman–Crippen MR) is 60.4 cm³/mol. The number of anilines is 1. The summed E-state index contributed by atoms with van der Waals surface area (Å²) in [6.07, 6.45) is 2.32. The van der Waals surface area contributed by atoms with Gasteiger partial charge in [-0.3, -0.25) is 0 Å². The van der Waals surface area contributed by atoms with Crippen molar-refractivity contribution < 1.29 is 9.90 Å². The molecule has 3 nitrogen and oxygen atoms in total. The first-order chi connectivity index (χ1) is 6.68. The van der Waals surface area contributed by atoms with E-state index in [-0.39, 0.29) is 0 Å². The van der Waals surface area contributed by atoms with Crippen LogP contribution in [0.25, 0.3) is 0 Å². The Morgan fingerprint density at radius 3 is 2.71 bits per heavy atom. The van der Waals surface area contributed by atoms with Crippen molar-refractivity contribution in [3.63, 3.8) is 0 Å². The molecule has 0 saturated carbocycles. The number of hydrogen-bond acceptors (Lipinski definition) is 3. The number of rotatable bonds is 2. The second-order valence-corrected chi connectivity index (χ2v) is 5.68. The van der Waals surface area contributed by atoms with Gasteiger partial charge in [0.1, 0.15) is 5.00 Å². The van der Waals surface area contributed by atoms with Gasteiger partial charge in [-0.15, -0.1) is 11.3 Å². The van der Waals surface area contributed by atoms with Crippen molar-refractivity contribution in [1.82, 2.24) is 0 Å². The van der Waals surface area contributed by atoms with Crippen LogP contribution in [0.3, 0.4) is 0 Å². The number of hydrogen-bond donors (Lipinski definition) is 1. The molecule has 1 saturated heterocycles. The molecular weight excluding hydrogens is 266 g/mol. The zero-order valence-corrected chi connectivity index (χ0v) is 9.90. The summed E-state index contributed by atoms with van der Waals surface area (Å²) in [4.78, 5) is 13.1. The van der Waals surface area contributed by atoms with Crippen LogP contribution in [0.5, 0.6) is 0 Å². The van der Waals surface area contributed by atoms with Crippen molar-refractivity contribution in [3.8, 4) is 0 Å². The Balaban J connectivity index is 2.35. The number of carboxylic acids is 1. The molecule has 5 heteroatoms. The molecule has 0 spiro atoms. The molecule has 0 amide bonds. The second-order valence-electron chi connectivity index (χ2n) is 3.27. The normalized spacial score (nSPS) is 16.2. The third-order valence-corrected chi connectivity index (χ3v) is 4.00. The maximum Gasteiger partial charge on any atom is 0.338 e. The number of thiophene rings is 1. The molecule has 1 aliphatic heterocycles. The van der Waals surface area contributed by atoms with Crippen LogP contribution in [0.4, 0.5) is 5.00 Å². The van der Waals surface area contributed by atoms with Gasteiger partial charge in [0.05, 0.1) is 9.35 Å². The third kappa shape index (κ3) is 1.79. The van der Waals surface area contributed by atoms with Crippen molar-refractivity contribution in [2.75, 3.05) is 18.0 Å². The number of halogens is 1. The van der Waals surface area contributed by atoms with Gasteiger partial charge in [0, 0.05) is 13.1 Å². The van der Waals surface area contributed by atoms with E-state index in [1.165, 1.54) is 11.3 Å². The van der Waals surface area contributed by atoms with Crippen LogP contribution < -0.4 is 4.90 Å². The van der Waals surface area contributed by atoms with Gasteiger partial charge in [-0.05, 0) is 34.8 Å². The first-order valence-electron chi connectivity index (χ1n) is 4.46. The molecule has 0 aromatic carbocycles. The van der Waals surface area contributed by atoms with Crippen LogP contribution >= 0.6 is 27.3 Å². The summed E-state index contributed by atoms with van der Waals surface area (Å²) in [5, 5.41) is 9.89. The molecule has 0 bridgehead atoms. The minimum Gasteiger partial charge on any atom is -0.478 e. The van der Waals surface area contributed by atoms with E-state index in [1.54, 1.807) is 6.07 Å². The third-order valence-electron chi connectivity index (χ3n) is 2.31. The van der Waals surface area contributed by atoms with Crippen molar-refractivity contribution in [3.05, 3.63) is 15.4 Å². The minimum atomic E-state index is -0.839. The lowest BCUT2D eigenvalue weighted by atomic mass is 10.3. The molecule has 2 heterocycles. The van der Waals surface area contributed by atoms with Crippen LogP contribution in [0.2, 0.25) is 0 Å². The molecule has 1 aromatic rings. The molecule has 0 atom stereocenters. The van der Waals surface area contributed by atoms with Gasteiger partial charge in [-0.2, -0.15) is 0 Å². The number of carboxylic acid groups (broad SMARTS) is 1. The van der Waals surface area contributed by atoms with Crippen LogP contribution in [0, 0.1) is 0 Å². The maximum absolute atomic E-state index is 11.0. The van der Waals surface area contributed by atoms with E-state index in [2.05, 4.69) is 20.8 Å². The SMILES string of the molecule is O=C(O)c1cc(Br)sc1N1CCCC1. The average Bonchev–Trinajstić information content (AvgIpc) is 2.70. The zero-order chi connectivity index (χ0) is 10.1. The van der Waals surface area contributed by atoms with Crippen molar-refractivity contribution >= 4 is 38.2 Å². The van der Waals surface area contributed by atoms with E-state index in [9.17, 15) is 4.79 Å². The first kappa shape index (κ1) is 9.98. The fourth-order valence-corrected chi connectivity index (χ4v) is 3.28. The maximum atomic E-state index is 11.0. The highest BCUT2D eigenvalue weighted by molar-refractivity contribution is 9.11. The zero-order valence-electron chi connectivity index (χ0n) is 7.49. The van der Waals surface area contributed by atoms with Gasteiger partial charge in [0.25, 0.3) is 0 Å². The molecule has 0 radical (unpaired) electrons. The predicted octanol–water partition coefficient (Wildman–Crippen LogP) is 2.81. The summed E-state index contributed by atoms with van der Waals surface area (Å²) in [6.45, 7) is 1.96. The molecule has 0 unspecified atom stereocenters. The van der Waals surface area contributed by atoms with Gasteiger partial charge in [-0.25, -0.2) is 4.79 Å². The fraction of sp³-hybridized carbons (Fsp3) is 0.444. The van der Waals surface area contributed by atoms with E-state index in [1.807, 2.05) is 0 Å². The van der Waals surface area contributed by atoms with Gasteiger partial charge in [0.2, 0.25) is 0 Å². The van der Waals surface area contributed by atoms with Crippen molar-refractivity contribution in [2.24, 2.45) is 0 Å². The van der Waals surface area contributed by atoms with Gasteiger partial charge >= 0.3 is 5.97 Å². The quantitative estimate of drug-likeness (QED) is 0.903. The average molecular weight is 276 g/mol. The standard InChI is InChI=1S/C9H10BrNO2S/c10-7-5-6(9(12)13)8(14-7)11-3-1-2-4-11/h5H,1-4H2,(H,12,13). The van der Waals surface area contributed by atoms with E-state index >= 15 is 0 Å².